The van der Waals surface area contributed by atoms with Crippen molar-refractivity contribution in [2.75, 3.05) is 7.11 Å². The molecule has 0 bridgehead atoms. The van der Waals surface area contributed by atoms with Crippen molar-refractivity contribution in [1.29, 1.82) is 0 Å². The van der Waals surface area contributed by atoms with Gasteiger partial charge in [0.25, 0.3) is 0 Å². The van der Waals surface area contributed by atoms with Crippen LogP contribution in [0.15, 0.2) is 11.1 Å². The van der Waals surface area contributed by atoms with Gasteiger partial charge in [-0.15, -0.1) is 0 Å². The number of unbranched alkanes of at least 4 members (excludes halogenated alkanes) is 6. The summed E-state index contributed by atoms with van der Waals surface area (Å²) in [5.74, 6) is 17.5. The van der Waals surface area contributed by atoms with Crippen LogP contribution in [0.3, 0.4) is 0 Å². The lowest BCUT2D eigenvalue weighted by Crippen LogP contribution is -1.98. The number of esters is 1. The van der Waals surface area contributed by atoms with Gasteiger partial charge in [-0.3, -0.25) is 4.79 Å². The Hall–Kier alpha value is -1.63. The van der Waals surface area contributed by atoms with E-state index in [0.717, 1.165) is 32.1 Å². The van der Waals surface area contributed by atoms with Crippen LogP contribution in [0, 0.1) is 35.5 Å². The van der Waals surface area contributed by atoms with E-state index in [1.165, 1.54) is 20.0 Å². The van der Waals surface area contributed by atoms with Crippen molar-refractivity contribution in [2.24, 2.45) is 0 Å². The summed E-state index contributed by atoms with van der Waals surface area (Å²) in [4.78, 5) is 12.6. The van der Waals surface area contributed by atoms with Gasteiger partial charge in [0.05, 0.1) is 7.11 Å². The number of halogens is 1. The Morgan fingerprint density at radius 2 is 1.55 bits per heavy atom. The topological polar surface area (TPSA) is 26.3 Å². The summed E-state index contributed by atoms with van der Waals surface area (Å²) in [6.45, 7) is 0. The van der Waals surface area contributed by atoms with E-state index in [4.69, 9.17) is 0 Å². The number of rotatable bonds is 8. The van der Waals surface area contributed by atoms with Gasteiger partial charge in [-0.25, -0.2) is 0 Å². The van der Waals surface area contributed by atoms with Crippen molar-refractivity contribution in [2.45, 2.75) is 57.8 Å². The van der Waals surface area contributed by atoms with E-state index in [1.54, 1.807) is 11.1 Å². The standard InChI is InChI=1S/C19H23BrO2/c1-22-19(21)17-15-13-11-9-7-5-3-2-4-6-8-10-12-14-16-18-20/h16,18H,2-4,6,8,10,13,15,17H2,1H3/b18-16-. The Kier molecular flexibility index (Phi) is 16.1. The van der Waals surface area contributed by atoms with Crippen molar-refractivity contribution in [3.63, 3.8) is 0 Å². The lowest BCUT2D eigenvalue weighted by atomic mass is 10.1. The molecule has 0 aliphatic carbocycles. The summed E-state index contributed by atoms with van der Waals surface area (Å²) in [6.07, 6.45) is 10.2. The maximum atomic E-state index is 10.8. The Morgan fingerprint density at radius 3 is 2.14 bits per heavy atom. The second-order valence-electron chi connectivity index (χ2n) is 4.56. The zero-order chi connectivity index (χ0) is 16.3. The zero-order valence-corrected chi connectivity index (χ0v) is 14.8. The molecule has 0 aromatic carbocycles. The van der Waals surface area contributed by atoms with Gasteiger partial charge in [0.2, 0.25) is 0 Å². The van der Waals surface area contributed by atoms with Gasteiger partial charge in [-0.1, -0.05) is 52.5 Å². The van der Waals surface area contributed by atoms with E-state index in [-0.39, 0.29) is 5.97 Å². The van der Waals surface area contributed by atoms with Gasteiger partial charge >= 0.3 is 5.97 Å². The number of hydrogen-bond donors (Lipinski definition) is 0. The minimum atomic E-state index is -0.182. The molecule has 0 aromatic rings. The lowest BCUT2D eigenvalue weighted by Gasteiger charge is -1.94. The van der Waals surface area contributed by atoms with Crippen LogP contribution >= 0.6 is 15.9 Å². The summed E-state index contributed by atoms with van der Waals surface area (Å²) in [7, 11) is 1.40. The highest BCUT2D eigenvalue weighted by molar-refractivity contribution is 9.11. The molecule has 3 heteroatoms. The molecular formula is C19H23BrO2. The summed E-state index contributed by atoms with van der Waals surface area (Å²) in [6, 6.07) is 0. The van der Waals surface area contributed by atoms with Crippen LogP contribution in [0.1, 0.15) is 57.8 Å². The summed E-state index contributed by atoms with van der Waals surface area (Å²) in [5.41, 5.74) is 0. The highest BCUT2D eigenvalue weighted by atomic mass is 79.9. The monoisotopic (exact) mass is 362 g/mol. The maximum absolute atomic E-state index is 10.8. The third-order valence-electron chi connectivity index (χ3n) is 2.75. The third kappa shape index (κ3) is 16.4. The maximum Gasteiger partial charge on any atom is 0.305 e. The largest absolute Gasteiger partial charge is 0.469 e. The number of ether oxygens (including phenoxy) is 1. The Bertz CT molecular complexity index is 501. The van der Waals surface area contributed by atoms with Crippen molar-refractivity contribution in [3.8, 4) is 35.5 Å². The van der Waals surface area contributed by atoms with Gasteiger partial charge in [0.15, 0.2) is 0 Å². The SMILES string of the molecule is COC(=O)CCCC#CC#CCCCCCCC#C/C=C\Br. The number of carbonyl (C=O) groups excluding carboxylic acids is 1. The molecule has 0 fully saturated rings. The zero-order valence-electron chi connectivity index (χ0n) is 13.2. The van der Waals surface area contributed by atoms with E-state index >= 15 is 0 Å². The van der Waals surface area contributed by atoms with Crippen LogP contribution < -0.4 is 0 Å². The molecule has 0 aliphatic rings. The second kappa shape index (κ2) is 17.4. The summed E-state index contributed by atoms with van der Waals surface area (Å²) in [5, 5.41) is 0. The fourth-order valence-electron chi connectivity index (χ4n) is 1.58. The Labute approximate surface area is 143 Å². The minimum absolute atomic E-state index is 0.182. The van der Waals surface area contributed by atoms with Crippen molar-refractivity contribution in [1.82, 2.24) is 0 Å². The quantitative estimate of drug-likeness (QED) is 0.358. The van der Waals surface area contributed by atoms with Crippen LogP contribution in [-0.2, 0) is 9.53 Å². The second-order valence-corrected chi connectivity index (χ2v) is 5.09. The van der Waals surface area contributed by atoms with Gasteiger partial charge in [0, 0.05) is 25.7 Å². The minimum Gasteiger partial charge on any atom is -0.469 e. The Balaban J connectivity index is 3.43. The molecule has 0 aliphatic heterocycles. The fraction of sp³-hybridized carbons (Fsp3) is 0.526. The predicted molar refractivity (Wildman–Crippen MR) is 95.0 cm³/mol. The summed E-state index contributed by atoms with van der Waals surface area (Å²) >= 11 is 3.18. The molecule has 0 saturated heterocycles. The van der Waals surface area contributed by atoms with Crippen LogP contribution in [-0.4, -0.2) is 13.1 Å². The number of carbonyl (C=O) groups is 1. The molecule has 22 heavy (non-hydrogen) atoms. The molecule has 0 N–H and O–H groups in total. The fourth-order valence-corrected chi connectivity index (χ4v) is 1.71. The van der Waals surface area contributed by atoms with Crippen molar-refractivity contribution < 1.29 is 9.53 Å². The van der Waals surface area contributed by atoms with Gasteiger partial charge in [0.1, 0.15) is 0 Å². The molecule has 0 saturated carbocycles. The van der Waals surface area contributed by atoms with E-state index in [1.807, 2.05) is 0 Å². The van der Waals surface area contributed by atoms with Crippen molar-refractivity contribution >= 4 is 21.9 Å². The average Bonchev–Trinajstić information content (AvgIpc) is 2.54. The van der Waals surface area contributed by atoms with Gasteiger partial charge < -0.3 is 4.74 Å². The number of allylic oxidation sites excluding steroid dienone is 1. The molecule has 0 rings (SSSR count). The van der Waals surface area contributed by atoms with Gasteiger partial charge in [-0.05, 0) is 42.2 Å². The molecule has 0 spiro atoms. The van der Waals surface area contributed by atoms with Crippen LogP contribution in [0.2, 0.25) is 0 Å². The first-order chi connectivity index (χ1) is 10.8. The molecule has 0 unspecified atom stereocenters. The van der Waals surface area contributed by atoms with Crippen LogP contribution in [0.25, 0.3) is 0 Å². The van der Waals surface area contributed by atoms with Crippen LogP contribution in [0.4, 0.5) is 0 Å². The van der Waals surface area contributed by atoms with E-state index in [2.05, 4.69) is 56.2 Å². The summed E-state index contributed by atoms with van der Waals surface area (Å²) < 4.78 is 4.55. The highest BCUT2D eigenvalue weighted by Gasteiger charge is 1.96. The molecule has 118 valence electrons. The first-order valence-electron chi connectivity index (χ1n) is 7.57. The first-order valence-corrected chi connectivity index (χ1v) is 8.49. The predicted octanol–water partition coefficient (Wildman–Crippen LogP) is 4.59. The normalized spacial score (nSPS) is 9.00. The van der Waals surface area contributed by atoms with Crippen LogP contribution in [0.5, 0.6) is 0 Å². The lowest BCUT2D eigenvalue weighted by molar-refractivity contribution is -0.140. The van der Waals surface area contributed by atoms with E-state index < -0.39 is 0 Å². The molecule has 0 amide bonds. The van der Waals surface area contributed by atoms with E-state index in [9.17, 15) is 4.79 Å². The highest BCUT2D eigenvalue weighted by Crippen LogP contribution is 2.04. The molecule has 0 radical (unpaired) electrons. The molecule has 0 aromatic heterocycles. The molecular weight excluding hydrogens is 340 g/mol. The average molecular weight is 363 g/mol. The van der Waals surface area contributed by atoms with Gasteiger partial charge in [-0.2, -0.15) is 0 Å². The molecule has 2 nitrogen and oxygen atoms in total. The third-order valence-corrected chi connectivity index (χ3v) is 3.02. The number of methoxy groups -OCH3 is 1. The van der Waals surface area contributed by atoms with Crippen molar-refractivity contribution in [3.05, 3.63) is 11.1 Å². The molecule has 0 heterocycles. The Morgan fingerprint density at radius 1 is 0.955 bits per heavy atom. The number of hydrogen-bond acceptors (Lipinski definition) is 2. The van der Waals surface area contributed by atoms with E-state index in [0.29, 0.717) is 12.8 Å². The smallest absolute Gasteiger partial charge is 0.305 e. The first kappa shape index (κ1) is 20.4. The molecule has 0 atom stereocenters.